The Bertz CT molecular complexity index is 680. The van der Waals surface area contributed by atoms with Crippen LogP contribution < -0.4 is 0 Å². The number of rotatable bonds is 4. The molecule has 0 amide bonds. The van der Waals surface area contributed by atoms with Crippen LogP contribution in [0.2, 0.25) is 0 Å². The van der Waals surface area contributed by atoms with E-state index < -0.39 is 0 Å². The Labute approximate surface area is 123 Å². The van der Waals surface area contributed by atoms with Crippen LogP contribution >= 0.6 is 0 Å². The van der Waals surface area contributed by atoms with Gasteiger partial charge < -0.3 is 9.72 Å². The molecule has 1 aliphatic carbocycles. The number of Topliss-reactive ketones (excluding diaryl/α,β-unsaturated/α-hetero) is 1. The van der Waals surface area contributed by atoms with Crippen molar-refractivity contribution < 1.29 is 14.3 Å². The second-order valence-corrected chi connectivity index (χ2v) is 5.68. The van der Waals surface area contributed by atoms with Gasteiger partial charge in [-0.1, -0.05) is 31.0 Å². The van der Waals surface area contributed by atoms with Crippen LogP contribution in [0.15, 0.2) is 24.3 Å². The molecule has 0 atom stereocenters. The SMILES string of the molecule is Cc1[nH]c2ccccc2c1C(=O)COC(=O)C1CCCC1. The lowest BCUT2D eigenvalue weighted by molar-refractivity contribution is -0.147. The molecule has 3 rings (SSSR count). The van der Waals surface area contributed by atoms with Crippen molar-refractivity contribution in [1.82, 2.24) is 4.98 Å². The second-order valence-electron chi connectivity index (χ2n) is 5.68. The van der Waals surface area contributed by atoms with Gasteiger partial charge in [0.2, 0.25) is 5.78 Å². The molecule has 0 aliphatic heterocycles. The zero-order valence-electron chi connectivity index (χ0n) is 12.1. The molecule has 0 unspecified atom stereocenters. The van der Waals surface area contributed by atoms with Gasteiger partial charge in [0.15, 0.2) is 6.61 Å². The molecule has 0 radical (unpaired) electrons. The lowest BCUT2D eigenvalue weighted by atomic mass is 10.1. The summed E-state index contributed by atoms with van der Waals surface area (Å²) in [6.07, 6.45) is 3.93. The Balaban J connectivity index is 1.72. The molecular formula is C17H19NO3. The van der Waals surface area contributed by atoms with Crippen molar-refractivity contribution in [3.05, 3.63) is 35.5 Å². The Kier molecular flexibility index (Phi) is 3.78. The number of nitrogens with one attached hydrogen (secondary N) is 1. The van der Waals surface area contributed by atoms with E-state index in [4.69, 9.17) is 4.74 Å². The van der Waals surface area contributed by atoms with E-state index >= 15 is 0 Å². The number of H-pyrrole nitrogens is 1. The molecular weight excluding hydrogens is 266 g/mol. The van der Waals surface area contributed by atoms with Gasteiger partial charge in [0, 0.05) is 22.2 Å². The number of hydrogen-bond acceptors (Lipinski definition) is 3. The van der Waals surface area contributed by atoms with E-state index in [9.17, 15) is 9.59 Å². The number of carbonyl (C=O) groups excluding carboxylic acids is 2. The number of benzene rings is 1. The maximum atomic E-state index is 12.4. The lowest BCUT2D eigenvalue weighted by Gasteiger charge is -2.09. The molecule has 1 aromatic carbocycles. The summed E-state index contributed by atoms with van der Waals surface area (Å²) < 4.78 is 5.21. The summed E-state index contributed by atoms with van der Waals surface area (Å²) in [4.78, 5) is 27.4. The number of aromatic nitrogens is 1. The number of aromatic amines is 1. The molecule has 1 aliphatic rings. The van der Waals surface area contributed by atoms with Crippen molar-refractivity contribution in [2.45, 2.75) is 32.6 Å². The normalized spacial score (nSPS) is 15.5. The van der Waals surface area contributed by atoms with Gasteiger partial charge >= 0.3 is 5.97 Å². The molecule has 1 saturated carbocycles. The third kappa shape index (κ3) is 2.71. The monoisotopic (exact) mass is 285 g/mol. The van der Waals surface area contributed by atoms with Gasteiger partial charge in [0.05, 0.1) is 5.92 Å². The number of ether oxygens (including phenoxy) is 1. The van der Waals surface area contributed by atoms with Crippen LogP contribution in [-0.4, -0.2) is 23.3 Å². The second kappa shape index (κ2) is 5.72. The Hall–Kier alpha value is -2.10. The zero-order chi connectivity index (χ0) is 14.8. The van der Waals surface area contributed by atoms with Gasteiger partial charge in [0.25, 0.3) is 0 Å². The number of esters is 1. The van der Waals surface area contributed by atoms with Crippen molar-refractivity contribution in [1.29, 1.82) is 0 Å². The van der Waals surface area contributed by atoms with Crippen LogP contribution in [0, 0.1) is 12.8 Å². The van der Waals surface area contributed by atoms with Gasteiger partial charge in [-0.05, 0) is 25.8 Å². The van der Waals surface area contributed by atoms with E-state index in [-0.39, 0.29) is 24.3 Å². The van der Waals surface area contributed by atoms with E-state index in [0.717, 1.165) is 42.3 Å². The molecule has 4 heteroatoms. The summed E-state index contributed by atoms with van der Waals surface area (Å²) in [6, 6.07) is 7.66. The quantitative estimate of drug-likeness (QED) is 0.692. The minimum Gasteiger partial charge on any atom is -0.457 e. The third-order valence-electron chi connectivity index (χ3n) is 4.21. The predicted octanol–water partition coefficient (Wildman–Crippen LogP) is 3.39. The Morgan fingerprint density at radius 1 is 1.24 bits per heavy atom. The molecule has 1 aromatic heterocycles. The fourth-order valence-corrected chi connectivity index (χ4v) is 3.12. The van der Waals surface area contributed by atoms with Crippen molar-refractivity contribution in [3.63, 3.8) is 0 Å². The van der Waals surface area contributed by atoms with Crippen molar-refractivity contribution >= 4 is 22.7 Å². The van der Waals surface area contributed by atoms with Crippen LogP contribution in [0.5, 0.6) is 0 Å². The predicted molar refractivity (Wildman–Crippen MR) is 80.3 cm³/mol. The van der Waals surface area contributed by atoms with Crippen molar-refractivity contribution in [2.24, 2.45) is 5.92 Å². The first-order valence-electron chi connectivity index (χ1n) is 7.44. The highest BCUT2D eigenvalue weighted by molar-refractivity contribution is 6.10. The van der Waals surface area contributed by atoms with Gasteiger partial charge in [-0.3, -0.25) is 9.59 Å². The molecule has 4 nitrogen and oxygen atoms in total. The number of hydrogen-bond donors (Lipinski definition) is 1. The van der Waals surface area contributed by atoms with Gasteiger partial charge in [-0.2, -0.15) is 0 Å². The average Bonchev–Trinajstić information content (AvgIpc) is 3.10. The van der Waals surface area contributed by atoms with Crippen LogP contribution in [0.3, 0.4) is 0 Å². The lowest BCUT2D eigenvalue weighted by Crippen LogP contribution is -2.19. The highest BCUT2D eigenvalue weighted by atomic mass is 16.5. The van der Waals surface area contributed by atoms with E-state index in [0.29, 0.717) is 5.56 Å². The minimum absolute atomic E-state index is 0.0122. The first-order chi connectivity index (χ1) is 10.2. The summed E-state index contributed by atoms with van der Waals surface area (Å²) in [5.41, 5.74) is 2.38. The highest BCUT2D eigenvalue weighted by Crippen LogP contribution is 2.26. The Morgan fingerprint density at radius 2 is 1.95 bits per heavy atom. The van der Waals surface area contributed by atoms with Gasteiger partial charge in [0.1, 0.15) is 0 Å². The number of aryl methyl sites for hydroxylation is 1. The first kappa shape index (κ1) is 13.9. The minimum atomic E-state index is -0.224. The van der Waals surface area contributed by atoms with E-state index in [2.05, 4.69) is 4.98 Å². The zero-order valence-corrected chi connectivity index (χ0v) is 12.1. The fraction of sp³-hybridized carbons (Fsp3) is 0.412. The van der Waals surface area contributed by atoms with E-state index in [1.54, 1.807) is 0 Å². The van der Waals surface area contributed by atoms with Crippen LogP contribution in [-0.2, 0) is 9.53 Å². The summed E-state index contributed by atoms with van der Waals surface area (Å²) >= 11 is 0. The molecule has 0 saturated heterocycles. The van der Waals surface area contributed by atoms with Gasteiger partial charge in [-0.25, -0.2) is 0 Å². The van der Waals surface area contributed by atoms with E-state index in [1.807, 2.05) is 31.2 Å². The molecule has 0 bridgehead atoms. The largest absolute Gasteiger partial charge is 0.457 e. The van der Waals surface area contributed by atoms with Crippen molar-refractivity contribution in [3.8, 4) is 0 Å². The topological polar surface area (TPSA) is 59.2 Å². The molecule has 1 heterocycles. The fourth-order valence-electron chi connectivity index (χ4n) is 3.12. The van der Waals surface area contributed by atoms with Crippen LogP contribution in [0.4, 0.5) is 0 Å². The summed E-state index contributed by atoms with van der Waals surface area (Å²) in [5.74, 6) is -0.378. The molecule has 2 aromatic rings. The maximum Gasteiger partial charge on any atom is 0.309 e. The Morgan fingerprint density at radius 3 is 2.71 bits per heavy atom. The summed E-state index contributed by atoms with van der Waals surface area (Å²) in [6.45, 7) is 1.70. The maximum absolute atomic E-state index is 12.4. The van der Waals surface area contributed by atoms with Crippen LogP contribution in [0.25, 0.3) is 10.9 Å². The standard InChI is InChI=1S/C17H19NO3/c1-11-16(13-8-4-5-9-14(13)18-11)15(19)10-21-17(20)12-6-2-3-7-12/h4-5,8-9,12,18H,2-3,6-7,10H2,1H3. The molecule has 1 fully saturated rings. The number of fused-ring (bicyclic) bond motifs is 1. The first-order valence-corrected chi connectivity index (χ1v) is 7.44. The molecule has 0 spiro atoms. The summed E-state index contributed by atoms with van der Waals surface area (Å²) in [5, 5.41) is 0.886. The smallest absolute Gasteiger partial charge is 0.309 e. The molecule has 1 N–H and O–H groups in total. The third-order valence-corrected chi connectivity index (χ3v) is 4.21. The van der Waals surface area contributed by atoms with Crippen LogP contribution in [0.1, 0.15) is 41.7 Å². The number of carbonyl (C=O) groups is 2. The van der Waals surface area contributed by atoms with E-state index in [1.165, 1.54) is 0 Å². The average molecular weight is 285 g/mol. The molecule has 21 heavy (non-hydrogen) atoms. The number of para-hydroxylation sites is 1. The summed E-state index contributed by atoms with van der Waals surface area (Å²) in [7, 11) is 0. The number of ketones is 1. The van der Waals surface area contributed by atoms with Crippen molar-refractivity contribution in [2.75, 3.05) is 6.61 Å². The van der Waals surface area contributed by atoms with Gasteiger partial charge in [-0.15, -0.1) is 0 Å². The molecule has 110 valence electrons. The highest BCUT2D eigenvalue weighted by Gasteiger charge is 2.25.